The maximum atomic E-state index is 3.65. The first kappa shape index (κ1) is 12.4. The first-order valence-electron chi connectivity index (χ1n) is 7.18. The van der Waals surface area contributed by atoms with Gasteiger partial charge in [-0.2, -0.15) is 0 Å². The fourth-order valence-corrected chi connectivity index (χ4v) is 3.14. The van der Waals surface area contributed by atoms with E-state index >= 15 is 0 Å². The third-order valence-corrected chi connectivity index (χ3v) is 4.15. The normalized spacial score (nSPS) is 33.9. The van der Waals surface area contributed by atoms with Crippen LogP contribution in [0.25, 0.3) is 0 Å². The Morgan fingerprint density at radius 2 is 2.12 bits per heavy atom. The van der Waals surface area contributed by atoms with Gasteiger partial charge in [0.1, 0.15) is 0 Å². The van der Waals surface area contributed by atoms with Crippen molar-refractivity contribution in [3.8, 4) is 0 Å². The molecule has 3 atom stereocenters. The van der Waals surface area contributed by atoms with Gasteiger partial charge in [0, 0.05) is 31.7 Å². The fourth-order valence-electron chi connectivity index (χ4n) is 3.14. The van der Waals surface area contributed by atoms with Crippen molar-refractivity contribution < 1.29 is 0 Å². The van der Waals surface area contributed by atoms with Gasteiger partial charge in [0.15, 0.2) is 0 Å². The molecule has 2 nitrogen and oxygen atoms in total. The predicted octanol–water partition coefficient (Wildman–Crippen LogP) is 2.49. The molecule has 94 valence electrons. The van der Waals surface area contributed by atoms with Crippen LogP contribution >= 0.6 is 0 Å². The summed E-state index contributed by atoms with van der Waals surface area (Å²) in [6, 6.07) is 1.53. The summed E-state index contributed by atoms with van der Waals surface area (Å²) in [5, 5.41) is 3.65. The molecule has 1 aliphatic carbocycles. The van der Waals surface area contributed by atoms with Gasteiger partial charge in [0.05, 0.1) is 0 Å². The third-order valence-electron chi connectivity index (χ3n) is 4.15. The standard InChI is InChI=1S/C14H28N2/c1-4-5-11(2)9-16-10-12(3)15-8-14(16)13-6-7-13/h11-15H,4-10H2,1-3H3. The molecule has 0 aromatic heterocycles. The van der Waals surface area contributed by atoms with Crippen LogP contribution < -0.4 is 5.32 Å². The molecule has 0 spiro atoms. The zero-order chi connectivity index (χ0) is 11.5. The van der Waals surface area contributed by atoms with Crippen LogP contribution in [0.2, 0.25) is 0 Å². The minimum absolute atomic E-state index is 0.684. The predicted molar refractivity (Wildman–Crippen MR) is 69.6 cm³/mol. The molecule has 1 heterocycles. The molecule has 0 bridgehead atoms. The van der Waals surface area contributed by atoms with E-state index in [0.29, 0.717) is 6.04 Å². The number of hydrogen-bond donors (Lipinski definition) is 1. The van der Waals surface area contributed by atoms with E-state index in [4.69, 9.17) is 0 Å². The molecule has 1 saturated heterocycles. The summed E-state index contributed by atoms with van der Waals surface area (Å²) in [6.07, 6.45) is 5.66. The minimum atomic E-state index is 0.684. The van der Waals surface area contributed by atoms with Crippen LogP contribution in [0.3, 0.4) is 0 Å². The van der Waals surface area contributed by atoms with Gasteiger partial charge in [-0.1, -0.05) is 20.3 Å². The second-order valence-corrected chi connectivity index (χ2v) is 6.06. The van der Waals surface area contributed by atoms with Gasteiger partial charge in [0.25, 0.3) is 0 Å². The van der Waals surface area contributed by atoms with Gasteiger partial charge in [0.2, 0.25) is 0 Å². The molecule has 0 amide bonds. The highest BCUT2D eigenvalue weighted by molar-refractivity contribution is 4.94. The molecule has 2 heteroatoms. The van der Waals surface area contributed by atoms with Crippen molar-refractivity contribution in [2.24, 2.45) is 11.8 Å². The number of nitrogens with zero attached hydrogens (tertiary/aromatic N) is 1. The topological polar surface area (TPSA) is 15.3 Å². The molecule has 1 N–H and O–H groups in total. The van der Waals surface area contributed by atoms with Crippen molar-refractivity contribution in [2.45, 2.75) is 58.5 Å². The van der Waals surface area contributed by atoms with E-state index in [1.54, 1.807) is 0 Å². The van der Waals surface area contributed by atoms with Gasteiger partial charge in [-0.05, 0) is 38.0 Å². The molecule has 16 heavy (non-hydrogen) atoms. The van der Waals surface area contributed by atoms with E-state index in [1.165, 1.54) is 45.3 Å². The Labute approximate surface area is 101 Å². The monoisotopic (exact) mass is 224 g/mol. The van der Waals surface area contributed by atoms with Crippen molar-refractivity contribution in [2.75, 3.05) is 19.6 Å². The molecule has 0 aromatic rings. The lowest BCUT2D eigenvalue weighted by Gasteiger charge is -2.41. The Morgan fingerprint density at radius 1 is 1.38 bits per heavy atom. The van der Waals surface area contributed by atoms with Crippen molar-refractivity contribution in [3.63, 3.8) is 0 Å². The number of nitrogens with one attached hydrogen (secondary N) is 1. The second-order valence-electron chi connectivity index (χ2n) is 6.06. The Bertz CT molecular complexity index is 213. The van der Waals surface area contributed by atoms with E-state index in [2.05, 4.69) is 31.0 Å². The quantitative estimate of drug-likeness (QED) is 0.772. The van der Waals surface area contributed by atoms with Gasteiger partial charge >= 0.3 is 0 Å². The Morgan fingerprint density at radius 3 is 2.75 bits per heavy atom. The van der Waals surface area contributed by atoms with E-state index < -0.39 is 0 Å². The van der Waals surface area contributed by atoms with Gasteiger partial charge in [-0.25, -0.2) is 0 Å². The lowest BCUT2D eigenvalue weighted by molar-refractivity contribution is 0.101. The molecular formula is C14H28N2. The summed E-state index contributed by atoms with van der Waals surface area (Å²) in [4.78, 5) is 2.78. The van der Waals surface area contributed by atoms with Crippen molar-refractivity contribution in [1.82, 2.24) is 10.2 Å². The molecule has 2 aliphatic rings. The zero-order valence-electron chi connectivity index (χ0n) is 11.2. The highest BCUT2D eigenvalue weighted by atomic mass is 15.2. The average molecular weight is 224 g/mol. The average Bonchev–Trinajstić information content (AvgIpc) is 3.02. The maximum absolute atomic E-state index is 3.65. The van der Waals surface area contributed by atoms with Crippen LogP contribution in [-0.2, 0) is 0 Å². The van der Waals surface area contributed by atoms with Crippen LogP contribution in [0.1, 0.15) is 46.5 Å². The van der Waals surface area contributed by atoms with E-state index in [-0.39, 0.29) is 0 Å². The van der Waals surface area contributed by atoms with Crippen LogP contribution in [0, 0.1) is 11.8 Å². The van der Waals surface area contributed by atoms with Gasteiger partial charge in [-0.3, -0.25) is 4.90 Å². The zero-order valence-corrected chi connectivity index (χ0v) is 11.2. The van der Waals surface area contributed by atoms with Gasteiger partial charge in [-0.15, -0.1) is 0 Å². The van der Waals surface area contributed by atoms with Crippen LogP contribution in [0.15, 0.2) is 0 Å². The highest BCUT2D eigenvalue weighted by Gasteiger charge is 2.37. The van der Waals surface area contributed by atoms with E-state index in [1.807, 2.05) is 0 Å². The van der Waals surface area contributed by atoms with Crippen molar-refractivity contribution >= 4 is 0 Å². The summed E-state index contributed by atoms with van der Waals surface area (Å²) in [7, 11) is 0. The van der Waals surface area contributed by atoms with E-state index in [9.17, 15) is 0 Å². The largest absolute Gasteiger partial charge is 0.311 e. The van der Waals surface area contributed by atoms with E-state index in [0.717, 1.165) is 17.9 Å². The smallest absolute Gasteiger partial charge is 0.0249 e. The molecule has 3 unspecified atom stereocenters. The maximum Gasteiger partial charge on any atom is 0.0249 e. The summed E-state index contributed by atoms with van der Waals surface area (Å²) in [5.41, 5.74) is 0. The Balaban J connectivity index is 1.86. The first-order chi connectivity index (χ1) is 7.70. The van der Waals surface area contributed by atoms with Gasteiger partial charge < -0.3 is 5.32 Å². The Hall–Kier alpha value is -0.0800. The number of piperazine rings is 1. The van der Waals surface area contributed by atoms with Crippen LogP contribution in [0.4, 0.5) is 0 Å². The fraction of sp³-hybridized carbons (Fsp3) is 1.00. The SMILES string of the molecule is CCCC(C)CN1CC(C)NCC1C1CC1. The number of hydrogen-bond acceptors (Lipinski definition) is 2. The molecule has 0 radical (unpaired) electrons. The van der Waals surface area contributed by atoms with Crippen molar-refractivity contribution in [1.29, 1.82) is 0 Å². The minimum Gasteiger partial charge on any atom is -0.311 e. The summed E-state index contributed by atoms with van der Waals surface area (Å²) >= 11 is 0. The number of rotatable bonds is 5. The molecule has 1 aliphatic heterocycles. The van der Waals surface area contributed by atoms with Crippen LogP contribution in [0.5, 0.6) is 0 Å². The molecule has 1 saturated carbocycles. The lowest BCUT2D eigenvalue weighted by Crippen LogP contribution is -2.57. The molecule has 2 rings (SSSR count). The molecule has 2 fully saturated rings. The summed E-state index contributed by atoms with van der Waals surface area (Å²) in [5.74, 6) is 1.88. The van der Waals surface area contributed by atoms with Crippen LogP contribution in [-0.4, -0.2) is 36.6 Å². The molecular weight excluding hydrogens is 196 g/mol. The highest BCUT2D eigenvalue weighted by Crippen LogP contribution is 2.36. The molecule has 0 aromatic carbocycles. The Kier molecular flexibility index (Phi) is 4.26. The summed E-state index contributed by atoms with van der Waals surface area (Å²) in [6.45, 7) is 10.8. The second kappa shape index (κ2) is 5.50. The first-order valence-corrected chi connectivity index (χ1v) is 7.18. The summed E-state index contributed by atoms with van der Waals surface area (Å²) < 4.78 is 0. The lowest BCUT2D eigenvalue weighted by atomic mass is 10.0. The third kappa shape index (κ3) is 3.21. The van der Waals surface area contributed by atoms with Crippen molar-refractivity contribution in [3.05, 3.63) is 0 Å².